The van der Waals surface area contributed by atoms with Crippen LogP contribution in [0.25, 0.3) is 10.9 Å². The number of fused-ring (bicyclic) bond motifs is 1. The van der Waals surface area contributed by atoms with E-state index in [0.29, 0.717) is 19.0 Å². The Morgan fingerprint density at radius 1 is 1.07 bits per heavy atom. The Morgan fingerprint density at radius 3 is 2.52 bits per heavy atom. The van der Waals surface area contributed by atoms with E-state index >= 15 is 0 Å². The van der Waals surface area contributed by atoms with Crippen LogP contribution in [0.15, 0.2) is 60.8 Å². The van der Waals surface area contributed by atoms with Gasteiger partial charge in [0.15, 0.2) is 0 Å². The van der Waals surface area contributed by atoms with Crippen molar-refractivity contribution in [1.82, 2.24) is 9.88 Å². The number of rotatable bonds is 5. The van der Waals surface area contributed by atoms with Crippen LogP contribution in [0.4, 0.5) is 5.69 Å². The summed E-state index contributed by atoms with van der Waals surface area (Å²) in [4.78, 5) is 20.4. The topological polar surface area (TPSA) is 39.3 Å². The number of nitrogens with zero attached hydrogens (tertiary/aromatic N) is 2. The largest absolute Gasteiger partial charge is 0.361 e. The third-order valence-electron chi connectivity index (χ3n) is 5.69. The number of aromatic nitrogens is 1. The number of amides is 1. The Hall–Kier alpha value is -2.59. The zero-order chi connectivity index (χ0) is 18.6. The van der Waals surface area contributed by atoms with Crippen LogP contribution in [0.1, 0.15) is 31.2 Å². The van der Waals surface area contributed by atoms with E-state index in [2.05, 4.69) is 40.3 Å². The highest BCUT2D eigenvalue weighted by atomic mass is 16.2. The van der Waals surface area contributed by atoms with Crippen molar-refractivity contribution < 1.29 is 4.79 Å². The van der Waals surface area contributed by atoms with Gasteiger partial charge in [0.05, 0.1) is 6.54 Å². The van der Waals surface area contributed by atoms with Gasteiger partial charge in [0.25, 0.3) is 0 Å². The van der Waals surface area contributed by atoms with Crippen molar-refractivity contribution in [3.8, 4) is 0 Å². The standard InChI is InChI=1S/C23H27N3O/c1-2-26(19-8-4-3-5-9-19)23(27)17-25-14-12-18(13-15-25)21-16-24-22-11-7-6-10-20(21)22/h3-11,16,18,24H,2,12-15,17H2,1H3. The molecule has 1 aliphatic heterocycles. The fourth-order valence-corrected chi connectivity index (χ4v) is 4.22. The predicted molar refractivity (Wildman–Crippen MR) is 111 cm³/mol. The molecule has 1 fully saturated rings. The molecule has 2 heterocycles. The van der Waals surface area contributed by atoms with Crippen LogP contribution in [0.2, 0.25) is 0 Å². The number of carbonyl (C=O) groups is 1. The maximum atomic E-state index is 12.8. The molecule has 0 radical (unpaired) electrons. The molecule has 4 rings (SSSR count). The first-order valence-electron chi connectivity index (χ1n) is 9.90. The fourth-order valence-electron chi connectivity index (χ4n) is 4.22. The lowest BCUT2D eigenvalue weighted by molar-refractivity contribution is -0.120. The highest BCUT2D eigenvalue weighted by Crippen LogP contribution is 2.33. The van der Waals surface area contributed by atoms with Crippen LogP contribution in [0.3, 0.4) is 0 Å². The van der Waals surface area contributed by atoms with Gasteiger partial charge < -0.3 is 9.88 Å². The van der Waals surface area contributed by atoms with E-state index in [1.54, 1.807) is 0 Å². The molecule has 0 bridgehead atoms. The average Bonchev–Trinajstić information content (AvgIpc) is 3.14. The van der Waals surface area contributed by atoms with E-state index in [0.717, 1.165) is 31.6 Å². The molecule has 27 heavy (non-hydrogen) atoms. The second-order valence-electron chi connectivity index (χ2n) is 7.31. The van der Waals surface area contributed by atoms with Gasteiger partial charge in [0, 0.05) is 29.3 Å². The molecule has 0 atom stereocenters. The number of likely N-dealkylation sites (N-methyl/N-ethyl adjacent to an activating group) is 1. The highest BCUT2D eigenvalue weighted by molar-refractivity contribution is 5.94. The Bertz CT molecular complexity index is 894. The normalized spacial score (nSPS) is 15.9. The molecule has 0 saturated carbocycles. The average molecular weight is 361 g/mol. The summed E-state index contributed by atoms with van der Waals surface area (Å²) in [6.45, 7) is 5.19. The van der Waals surface area contributed by atoms with Gasteiger partial charge in [-0.05, 0) is 62.5 Å². The van der Waals surface area contributed by atoms with Crippen molar-refractivity contribution >= 4 is 22.5 Å². The van der Waals surface area contributed by atoms with E-state index in [1.165, 1.54) is 16.5 Å². The second-order valence-corrected chi connectivity index (χ2v) is 7.31. The monoisotopic (exact) mass is 361 g/mol. The van der Waals surface area contributed by atoms with E-state index in [4.69, 9.17) is 0 Å². The van der Waals surface area contributed by atoms with Crippen molar-refractivity contribution in [2.24, 2.45) is 0 Å². The maximum absolute atomic E-state index is 12.8. The van der Waals surface area contributed by atoms with Gasteiger partial charge in [-0.3, -0.25) is 9.69 Å². The molecule has 0 unspecified atom stereocenters. The van der Waals surface area contributed by atoms with Gasteiger partial charge in [-0.25, -0.2) is 0 Å². The van der Waals surface area contributed by atoms with Crippen molar-refractivity contribution in [2.75, 3.05) is 31.1 Å². The summed E-state index contributed by atoms with van der Waals surface area (Å²) in [5, 5.41) is 1.34. The lowest BCUT2D eigenvalue weighted by atomic mass is 9.89. The number of benzene rings is 2. The smallest absolute Gasteiger partial charge is 0.241 e. The zero-order valence-electron chi connectivity index (χ0n) is 15.9. The molecule has 0 spiro atoms. The number of anilines is 1. The zero-order valence-corrected chi connectivity index (χ0v) is 15.9. The van der Waals surface area contributed by atoms with Gasteiger partial charge in [0.2, 0.25) is 5.91 Å². The molecule has 3 aromatic rings. The molecule has 1 amide bonds. The number of piperidine rings is 1. The van der Waals surface area contributed by atoms with E-state index in [1.807, 2.05) is 42.2 Å². The minimum absolute atomic E-state index is 0.189. The minimum atomic E-state index is 0.189. The Labute approximate surface area is 160 Å². The van der Waals surface area contributed by atoms with Crippen LogP contribution in [0, 0.1) is 0 Å². The summed E-state index contributed by atoms with van der Waals surface area (Å²) in [5.41, 5.74) is 3.63. The Kier molecular flexibility index (Phi) is 5.26. The number of aromatic amines is 1. The minimum Gasteiger partial charge on any atom is -0.361 e. The number of carbonyl (C=O) groups excluding carboxylic acids is 1. The van der Waals surface area contributed by atoms with Crippen LogP contribution >= 0.6 is 0 Å². The van der Waals surface area contributed by atoms with E-state index < -0.39 is 0 Å². The summed E-state index contributed by atoms with van der Waals surface area (Å²) in [5.74, 6) is 0.762. The van der Waals surface area contributed by atoms with Gasteiger partial charge in [-0.1, -0.05) is 36.4 Å². The quantitative estimate of drug-likeness (QED) is 0.731. The predicted octanol–water partition coefficient (Wildman–Crippen LogP) is 4.40. The highest BCUT2D eigenvalue weighted by Gasteiger charge is 2.25. The maximum Gasteiger partial charge on any atom is 0.241 e. The molecule has 4 heteroatoms. The van der Waals surface area contributed by atoms with Crippen LogP contribution in [-0.4, -0.2) is 42.0 Å². The Morgan fingerprint density at radius 2 is 1.78 bits per heavy atom. The molecule has 1 aromatic heterocycles. The van der Waals surface area contributed by atoms with Gasteiger partial charge >= 0.3 is 0 Å². The molecule has 0 aliphatic carbocycles. The summed E-state index contributed by atoms with van der Waals surface area (Å²) >= 11 is 0. The van der Waals surface area contributed by atoms with E-state index in [9.17, 15) is 4.79 Å². The first-order valence-corrected chi connectivity index (χ1v) is 9.90. The molecule has 1 aliphatic rings. The van der Waals surface area contributed by atoms with Gasteiger partial charge in [-0.2, -0.15) is 0 Å². The van der Waals surface area contributed by atoms with Crippen LogP contribution in [0.5, 0.6) is 0 Å². The second kappa shape index (κ2) is 7.97. The molecule has 2 aromatic carbocycles. The summed E-state index contributed by atoms with van der Waals surface area (Å²) in [7, 11) is 0. The third kappa shape index (κ3) is 3.76. The lowest BCUT2D eigenvalue weighted by Gasteiger charge is -2.33. The van der Waals surface area contributed by atoms with Crippen molar-refractivity contribution in [3.63, 3.8) is 0 Å². The van der Waals surface area contributed by atoms with Crippen molar-refractivity contribution in [3.05, 3.63) is 66.4 Å². The van der Waals surface area contributed by atoms with E-state index in [-0.39, 0.29) is 5.91 Å². The molecular weight excluding hydrogens is 334 g/mol. The molecule has 4 nitrogen and oxygen atoms in total. The third-order valence-corrected chi connectivity index (χ3v) is 5.69. The SMILES string of the molecule is CCN(C(=O)CN1CCC(c2c[nH]c3ccccc23)CC1)c1ccccc1. The molecule has 1 N–H and O–H groups in total. The van der Waals surface area contributed by atoms with Gasteiger partial charge in [-0.15, -0.1) is 0 Å². The fraction of sp³-hybridized carbons (Fsp3) is 0.348. The number of nitrogens with one attached hydrogen (secondary N) is 1. The summed E-state index contributed by atoms with van der Waals surface area (Å²) in [6.07, 6.45) is 4.38. The molecule has 1 saturated heterocycles. The van der Waals surface area contributed by atoms with Gasteiger partial charge in [0.1, 0.15) is 0 Å². The molecule has 140 valence electrons. The number of H-pyrrole nitrogens is 1. The number of hydrogen-bond donors (Lipinski definition) is 1. The molecular formula is C23H27N3O. The number of para-hydroxylation sites is 2. The first kappa shape index (κ1) is 17.8. The van der Waals surface area contributed by atoms with Crippen LogP contribution in [-0.2, 0) is 4.79 Å². The van der Waals surface area contributed by atoms with Crippen molar-refractivity contribution in [1.29, 1.82) is 0 Å². The lowest BCUT2D eigenvalue weighted by Crippen LogP contribution is -2.43. The summed E-state index contributed by atoms with van der Waals surface area (Å²) in [6, 6.07) is 18.5. The summed E-state index contributed by atoms with van der Waals surface area (Å²) < 4.78 is 0. The van der Waals surface area contributed by atoms with Crippen LogP contribution < -0.4 is 4.90 Å². The number of hydrogen-bond acceptors (Lipinski definition) is 2. The number of likely N-dealkylation sites (tertiary alicyclic amines) is 1. The Balaban J connectivity index is 1.37. The van der Waals surface area contributed by atoms with Crippen molar-refractivity contribution in [2.45, 2.75) is 25.7 Å². The first-order chi connectivity index (χ1) is 13.3.